The molecule has 17 heavy (non-hydrogen) atoms. The average Bonchev–Trinajstić information content (AvgIpc) is 2.29. The maximum atomic E-state index is 12.7. The van der Waals surface area contributed by atoms with Gasteiger partial charge in [-0.3, -0.25) is 0 Å². The number of carbonyl (C=O) groups excluding carboxylic acids is 1. The van der Waals surface area contributed by atoms with Crippen LogP contribution in [0.3, 0.4) is 0 Å². The summed E-state index contributed by atoms with van der Waals surface area (Å²) in [7, 11) is 2.10. The van der Waals surface area contributed by atoms with Crippen LogP contribution >= 0.6 is 0 Å². The third kappa shape index (κ3) is 3.27. The van der Waals surface area contributed by atoms with Gasteiger partial charge in [-0.15, -0.1) is 0 Å². The highest BCUT2D eigenvalue weighted by atomic mass is 19.1. The molecule has 1 aliphatic rings. The molecule has 0 radical (unpaired) electrons. The second kappa shape index (κ2) is 5.27. The first-order valence-corrected chi connectivity index (χ1v) is 5.93. The molecule has 1 heterocycles. The number of hydrogen-bond donors (Lipinski definition) is 1. The number of carbonyl (C=O) groups is 1. The van der Waals surface area contributed by atoms with Crippen molar-refractivity contribution in [2.24, 2.45) is 0 Å². The van der Waals surface area contributed by atoms with Crippen molar-refractivity contribution in [3.63, 3.8) is 0 Å². The monoisotopic (exact) mass is 238 g/mol. The average molecular weight is 238 g/mol. The number of ether oxygens (including phenoxy) is 1. The summed E-state index contributed by atoms with van der Waals surface area (Å²) in [6, 6.07) is 5.46. The van der Waals surface area contributed by atoms with Crippen LogP contribution in [-0.4, -0.2) is 32.2 Å². The quantitative estimate of drug-likeness (QED) is 0.767. The van der Waals surface area contributed by atoms with E-state index in [1.54, 1.807) is 0 Å². The minimum atomic E-state index is -0.357. The van der Waals surface area contributed by atoms with E-state index >= 15 is 0 Å². The molecule has 4 heteroatoms. The molecule has 0 amide bonds. The molecule has 0 aromatic heterocycles. The second-order valence-electron chi connectivity index (χ2n) is 4.59. The van der Waals surface area contributed by atoms with Gasteiger partial charge in [-0.1, -0.05) is 0 Å². The first-order chi connectivity index (χ1) is 8.15. The van der Waals surface area contributed by atoms with Crippen molar-refractivity contribution in [2.45, 2.75) is 18.9 Å². The van der Waals surface area contributed by atoms with E-state index in [2.05, 4.69) is 7.05 Å². The molecule has 1 aromatic rings. The first-order valence-electron chi connectivity index (χ1n) is 5.93. The molecular formula is C13H17FNO2+. The van der Waals surface area contributed by atoms with E-state index in [4.69, 9.17) is 4.74 Å². The molecule has 0 bridgehead atoms. The fraction of sp³-hybridized carbons (Fsp3) is 0.462. The Labute approximate surface area is 100 Å². The van der Waals surface area contributed by atoms with E-state index in [0.29, 0.717) is 5.56 Å². The van der Waals surface area contributed by atoms with Crippen LogP contribution in [0.1, 0.15) is 23.2 Å². The van der Waals surface area contributed by atoms with Crippen molar-refractivity contribution in [1.29, 1.82) is 0 Å². The maximum Gasteiger partial charge on any atom is 0.338 e. The molecule has 1 N–H and O–H groups in total. The van der Waals surface area contributed by atoms with E-state index < -0.39 is 0 Å². The molecule has 1 aromatic carbocycles. The smallest absolute Gasteiger partial charge is 0.338 e. The van der Waals surface area contributed by atoms with Crippen molar-refractivity contribution >= 4 is 5.97 Å². The molecule has 0 saturated carbocycles. The van der Waals surface area contributed by atoms with Crippen molar-refractivity contribution in [3.05, 3.63) is 35.6 Å². The number of piperidine rings is 1. The standard InChI is InChI=1S/C13H16FNO2/c1-15-8-2-3-12(9-15)17-13(16)10-4-6-11(14)7-5-10/h4-7,12H,2-3,8-9H2,1H3/p+1/t12-/m1/s1. The number of nitrogens with one attached hydrogen (secondary N) is 1. The van der Waals surface area contributed by atoms with Crippen LogP contribution < -0.4 is 4.90 Å². The minimum Gasteiger partial charge on any atom is -0.453 e. The molecule has 3 nitrogen and oxygen atoms in total. The molecule has 1 aliphatic heterocycles. The summed E-state index contributed by atoms with van der Waals surface area (Å²) in [5.74, 6) is -0.701. The SMILES string of the molecule is C[NH+]1CCC[C@@H](OC(=O)c2ccc(F)cc2)C1. The highest BCUT2D eigenvalue weighted by Gasteiger charge is 2.24. The molecule has 0 aliphatic carbocycles. The highest BCUT2D eigenvalue weighted by molar-refractivity contribution is 5.89. The minimum absolute atomic E-state index is 0.0127. The number of likely N-dealkylation sites (N-methyl/N-ethyl adjacent to an activating group) is 1. The van der Waals surface area contributed by atoms with Gasteiger partial charge in [0.1, 0.15) is 12.4 Å². The molecule has 1 unspecified atom stereocenters. The summed E-state index contributed by atoms with van der Waals surface area (Å²) >= 11 is 0. The largest absolute Gasteiger partial charge is 0.453 e. The molecule has 0 spiro atoms. The number of quaternary nitrogens is 1. The molecule has 2 rings (SSSR count). The zero-order valence-electron chi connectivity index (χ0n) is 9.91. The Kier molecular flexibility index (Phi) is 3.74. The van der Waals surface area contributed by atoms with Crippen molar-refractivity contribution in [1.82, 2.24) is 0 Å². The number of esters is 1. The zero-order valence-corrected chi connectivity index (χ0v) is 9.91. The van der Waals surface area contributed by atoms with Gasteiger partial charge in [0.25, 0.3) is 0 Å². The van der Waals surface area contributed by atoms with Gasteiger partial charge in [0.05, 0.1) is 19.2 Å². The Morgan fingerprint density at radius 1 is 1.41 bits per heavy atom. The van der Waals surface area contributed by atoms with E-state index in [1.807, 2.05) is 0 Å². The van der Waals surface area contributed by atoms with Gasteiger partial charge in [0.15, 0.2) is 6.10 Å². The van der Waals surface area contributed by atoms with Crippen LogP contribution in [0.25, 0.3) is 0 Å². The number of halogens is 1. The van der Waals surface area contributed by atoms with Crippen molar-refractivity contribution in [2.75, 3.05) is 20.1 Å². The Hall–Kier alpha value is -1.42. The van der Waals surface area contributed by atoms with Gasteiger partial charge in [0, 0.05) is 6.42 Å². The van der Waals surface area contributed by atoms with Gasteiger partial charge < -0.3 is 9.64 Å². The van der Waals surface area contributed by atoms with Crippen molar-refractivity contribution < 1.29 is 18.8 Å². The van der Waals surface area contributed by atoms with E-state index in [-0.39, 0.29) is 17.9 Å². The third-order valence-corrected chi connectivity index (χ3v) is 3.06. The lowest BCUT2D eigenvalue weighted by Crippen LogP contribution is -3.11. The van der Waals surface area contributed by atoms with Crippen LogP contribution in [0.5, 0.6) is 0 Å². The summed E-state index contributed by atoms with van der Waals surface area (Å²) in [5.41, 5.74) is 0.412. The summed E-state index contributed by atoms with van der Waals surface area (Å²) < 4.78 is 18.1. The summed E-state index contributed by atoms with van der Waals surface area (Å²) in [6.45, 7) is 1.98. The van der Waals surface area contributed by atoms with Gasteiger partial charge in [-0.05, 0) is 30.7 Å². The predicted octanol–water partition coefficient (Wildman–Crippen LogP) is 0.660. The van der Waals surface area contributed by atoms with Crippen LogP contribution in [0.15, 0.2) is 24.3 Å². The zero-order chi connectivity index (χ0) is 12.3. The first kappa shape index (κ1) is 12.0. The van der Waals surface area contributed by atoms with Gasteiger partial charge in [-0.25, -0.2) is 9.18 Å². The molecule has 92 valence electrons. The number of likely N-dealkylation sites (tertiary alicyclic amines) is 1. The maximum absolute atomic E-state index is 12.7. The molecular weight excluding hydrogens is 221 g/mol. The Bertz CT molecular complexity index is 391. The second-order valence-corrected chi connectivity index (χ2v) is 4.59. The highest BCUT2D eigenvalue weighted by Crippen LogP contribution is 2.09. The predicted molar refractivity (Wildman–Crippen MR) is 61.5 cm³/mol. The van der Waals surface area contributed by atoms with Crippen molar-refractivity contribution in [3.8, 4) is 0 Å². The van der Waals surface area contributed by atoms with Gasteiger partial charge >= 0.3 is 5.97 Å². The summed E-state index contributed by atoms with van der Waals surface area (Å²) in [6.07, 6.45) is 1.98. The fourth-order valence-electron chi connectivity index (χ4n) is 2.13. The lowest BCUT2D eigenvalue weighted by Gasteiger charge is -2.26. The Morgan fingerprint density at radius 3 is 2.76 bits per heavy atom. The van der Waals surface area contributed by atoms with Crippen LogP contribution in [0.2, 0.25) is 0 Å². The third-order valence-electron chi connectivity index (χ3n) is 3.06. The number of benzene rings is 1. The molecule has 1 saturated heterocycles. The summed E-state index contributed by atoms with van der Waals surface area (Å²) in [4.78, 5) is 13.2. The van der Waals surface area contributed by atoms with E-state index in [0.717, 1.165) is 25.9 Å². The van der Waals surface area contributed by atoms with Gasteiger partial charge in [0.2, 0.25) is 0 Å². The lowest BCUT2D eigenvalue weighted by molar-refractivity contribution is -0.888. The topological polar surface area (TPSA) is 30.7 Å². The molecule has 1 fully saturated rings. The molecule has 2 atom stereocenters. The number of rotatable bonds is 2. The normalized spacial score (nSPS) is 24.4. The van der Waals surface area contributed by atoms with Crippen LogP contribution in [0, 0.1) is 5.82 Å². The lowest BCUT2D eigenvalue weighted by atomic mass is 10.1. The Balaban J connectivity index is 1.94. The van der Waals surface area contributed by atoms with E-state index in [1.165, 1.54) is 29.2 Å². The fourth-order valence-corrected chi connectivity index (χ4v) is 2.13. The number of hydrogen-bond acceptors (Lipinski definition) is 2. The van der Waals surface area contributed by atoms with E-state index in [9.17, 15) is 9.18 Å². The van der Waals surface area contributed by atoms with Gasteiger partial charge in [-0.2, -0.15) is 0 Å². The Morgan fingerprint density at radius 2 is 2.12 bits per heavy atom. The summed E-state index contributed by atoms with van der Waals surface area (Å²) in [5, 5.41) is 0. The van der Waals surface area contributed by atoms with Crippen LogP contribution in [0.4, 0.5) is 4.39 Å². The van der Waals surface area contributed by atoms with Crippen LogP contribution in [-0.2, 0) is 4.74 Å².